The Balaban J connectivity index is 1.05. The molecular weight excluding hydrogens is 847 g/mol. The van der Waals surface area contributed by atoms with E-state index < -0.39 is 8.24 Å². The Hall–Kier alpha value is -8.85. The fourth-order valence-electron chi connectivity index (χ4n) is 11.8. The summed E-state index contributed by atoms with van der Waals surface area (Å²) < 4.78 is 9.68. The Morgan fingerprint density at radius 3 is 1.71 bits per heavy atom. The molecule has 0 unspecified atom stereocenters. The number of pyridine rings is 2. The van der Waals surface area contributed by atoms with Gasteiger partial charge in [0.05, 0.1) is 55.1 Å². The zero-order valence-electron chi connectivity index (χ0n) is 36.7. The molecule has 6 aromatic heterocycles. The molecule has 7 nitrogen and oxygen atoms in total. The Bertz CT molecular complexity index is 4280. The van der Waals surface area contributed by atoms with Gasteiger partial charge in [0.2, 0.25) is 5.78 Å². The number of rotatable bonds is 6. The van der Waals surface area contributed by atoms with Crippen molar-refractivity contribution in [2.45, 2.75) is 6.42 Å². The van der Waals surface area contributed by atoms with Crippen LogP contribution in [0.5, 0.6) is 0 Å². The van der Waals surface area contributed by atoms with Crippen molar-refractivity contribution < 1.29 is 0 Å². The summed E-state index contributed by atoms with van der Waals surface area (Å²) in [5.41, 5.74) is 15.6. The van der Waals surface area contributed by atoms with Crippen LogP contribution < -0.4 is 15.7 Å². The van der Waals surface area contributed by atoms with Gasteiger partial charge in [-0.15, -0.1) is 0 Å². The van der Waals surface area contributed by atoms with E-state index in [4.69, 9.17) is 15.0 Å². The molecule has 318 valence electrons. The van der Waals surface area contributed by atoms with Crippen LogP contribution in [0, 0.1) is 0 Å². The van der Waals surface area contributed by atoms with Crippen molar-refractivity contribution in [1.82, 2.24) is 32.7 Å². The van der Waals surface area contributed by atoms with Crippen LogP contribution in [-0.4, -0.2) is 41.0 Å². The van der Waals surface area contributed by atoms with E-state index in [1.165, 1.54) is 43.4 Å². The summed E-state index contributed by atoms with van der Waals surface area (Å²) in [7, 11) is -3.40. The molecule has 6 heterocycles. The second-order valence-electron chi connectivity index (χ2n) is 17.9. The number of imidazole rings is 2. The fourth-order valence-corrected chi connectivity index (χ4v) is 16.7. The maximum absolute atomic E-state index is 5.92. The quantitative estimate of drug-likeness (QED) is 0.156. The van der Waals surface area contributed by atoms with E-state index in [1.807, 2.05) is 6.20 Å². The summed E-state index contributed by atoms with van der Waals surface area (Å²) in [6, 6.07) is 79.1. The predicted molar refractivity (Wildman–Crippen MR) is 280 cm³/mol. The lowest BCUT2D eigenvalue weighted by molar-refractivity contribution is 1.10. The molecule has 1 aliphatic carbocycles. The summed E-state index contributed by atoms with van der Waals surface area (Å²) >= 11 is 0. The van der Waals surface area contributed by atoms with Crippen LogP contribution in [-0.2, 0) is 6.42 Å². The van der Waals surface area contributed by atoms with Crippen LogP contribution in [0.3, 0.4) is 0 Å². The number of para-hydroxylation sites is 6. The number of aromatic nitrogens is 7. The molecule has 0 N–H and O–H groups in total. The first kappa shape index (κ1) is 37.4. The first-order valence-electron chi connectivity index (χ1n) is 23.3. The lowest BCUT2D eigenvalue weighted by Gasteiger charge is -2.35. The Kier molecular flexibility index (Phi) is 7.74. The van der Waals surface area contributed by atoms with Gasteiger partial charge < -0.3 is 8.80 Å². The zero-order chi connectivity index (χ0) is 44.5. The van der Waals surface area contributed by atoms with E-state index in [-0.39, 0.29) is 0 Å². The molecule has 14 aromatic rings. The van der Waals surface area contributed by atoms with Gasteiger partial charge in [0.1, 0.15) is 11.3 Å². The molecule has 0 fully saturated rings. The van der Waals surface area contributed by atoms with Crippen LogP contribution in [0.4, 0.5) is 0 Å². The summed E-state index contributed by atoms with van der Waals surface area (Å²) in [5.74, 6) is 1.77. The number of nitrogens with zero attached hydrogens (tertiary/aromatic N) is 7. The minimum atomic E-state index is -3.40. The second-order valence-corrected chi connectivity index (χ2v) is 21.4. The standard InChI is InChI=1S/C60H39N7Si/c1-3-19-41(20-4-1)68(42-21-5-2-6-22-42,59-56-40(36-37-61-59)38-39-18-7-8-23-43(39)56)67-51-31-16-15-30-50(51)66-53-33-17-32-52(58(53)63-60(66)67)64-49-29-14-11-26-46(49)57-54(64)34-35-55(62-57)65-47-27-12-9-24-44(47)45-25-10-13-28-48(45)65/h1-37H,38H2. The Morgan fingerprint density at radius 2 is 0.985 bits per heavy atom. The third kappa shape index (κ3) is 4.93. The SMILES string of the molecule is c1ccc([Si](c2ccccc2)(c2nccc3c2-c2ccccc2C3)n2c3ccccc3n3c4cccc(-n5c6ccccc6c6nc(-n7c8ccccc8c8ccccc87)ccc65)c4nc23)cc1. The van der Waals surface area contributed by atoms with E-state index in [1.54, 1.807) is 0 Å². The van der Waals surface area contributed by atoms with Gasteiger partial charge in [-0.2, -0.15) is 0 Å². The highest BCUT2D eigenvalue weighted by molar-refractivity contribution is 7.11. The first-order valence-corrected chi connectivity index (χ1v) is 25.2. The van der Waals surface area contributed by atoms with Gasteiger partial charge in [0.25, 0.3) is 8.24 Å². The Labute approximate surface area is 391 Å². The third-order valence-electron chi connectivity index (χ3n) is 14.5. The minimum absolute atomic E-state index is 0.876. The van der Waals surface area contributed by atoms with Crippen LogP contribution in [0.1, 0.15) is 11.1 Å². The highest BCUT2D eigenvalue weighted by Gasteiger charge is 2.49. The highest BCUT2D eigenvalue weighted by atomic mass is 28.3. The normalized spacial score (nSPS) is 12.6. The van der Waals surface area contributed by atoms with Gasteiger partial charge in [0.15, 0.2) is 0 Å². The lowest BCUT2D eigenvalue weighted by Crippen LogP contribution is -2.73. The van der Waals surface area contributed by atoms with Gasteiger partial charge >= 0.3 is 0 Å². The average molecular weight is 886 g/mol. The fraction of sp³-hybridized carbons (Fsp3) is 0.0167. The van der Waals surface area contributed by atoms with Crippen molar-refractivity contribution in [3.05, 3.63) is 236 Å². The summed E-state index contributed by atoms with van der Waals surface area (Å²) in [6.07, 6.45) is 2.92. The molecule has 8 heteroatoms. The molecule has 0 saturated carbocycles. The van der Waals surface area contributed by atoms with Crippen molar-refractivity contribution in [3.8, 4) is 22.6 Å². The molecule has 1 aliphatic rings. The van der Waals surface area contributed by atoms with Gasteiger partial charge in [0, 0.05) is 27.9 Å². The van der Waals surface area contributed by atoms with Crippen molar-refractivity contribution in [2.24, 2.45) is 0 Å². The van der Waals surface area contributed by atoms with Crippen LogP contribution in [0.25, 0.3) is 94.2 Å². The van der Waals surface area contributed by atoms with Crippen molar-refractivity contribution >= 4 is 95.5 Å². The monoisotopic (exact) mass is 885 g/mol. The predicted octanol–water partition coefficient (Wildman–Crippen LogP) is 11.5. The maximum atomic E-state index is 5.92. The summed E-state index contributed by atoms with van der Waals surface area (Å²) in [6.45, 7) is 0. The van der Waals surface area contributed by atoms with Gasteiger partial charge in [-0.05, 0) is 94.1 Å². The molecule has 0 saturated heterocycles. The molecule has 0 aliphatic heterocycles. The smallest absolute Gasteiger partial charge is 0.280 e. The van der Waals surface area contributed by atoms with E-state index in [2.05, 4.69) is 236 Å². The number of benzene rings is 8. The maximum Gasteiger partial charge on any atom is 0.280 e. The van der Waals surface area contributed by atoms with Crippen LogP contribution >= 0.6 is 0 Å². The third-order valence-corrected chi connectivity index (χ3v) is 19.0. The van der Waals surface area contributed by atoms with Gasteiger partial charge in [-0.25, -0.2) is 9.97 Å². The first-order chi connectivity index (χ1) is 33.8. The van der Waals surface area contributed by atoms with E-state index in [0.29, 0.717) is 0 Å². The number of fused-ring (bicyclic) bond motifs is 14. The largest absolute Gasteiger partial charge is 0.323 e. The van der Waals surface area contributed by atoms with Crippen molar-refractivity contribution in [1.29, 1.82) is 0 Å². The molecule has 68 heavy (non-hydrogen) atoms. The zero-order valence-corrected chi connectivity index (χ0v) is 37.7. The molecule has 0 atom stereocenters. The molecule has 0 spiro atoms. The van der Waals surface area contributed by atoms with E-state index in [0.717, 1.165) is 84.1 Å². The van der Waals surface area contributed by atoms with Gasteiger partial charge in [-0.1, -0.05) is 158 Å². The topological polar surface area (TPSA) is 57.9 Å². The molecule has 0 radical (unpaired) electrons. The Morgan fingerprint density at radius 1 is 0.397 bits per heavy atom. The number of hydrogen-bond donors (Lipinski definition) is 0. The van der Waals surface area contributed by atoms with Crippen molar-refractivity contribution in [3.63, 3.8) is 0 Å². The second kappa shape index (κ2) is 14.1. The van der Waals surface area contributed by atoms with E-state index >= 15 is 0 Å². The number of hydrogen-bond acceptors (Lipinski definition) is 3. The highest BCUT2D eigenvalue weighted by Crippen LogP contribution is 2.40. The average Bonchev–Trinajstić information content (AvgIpc) is 4.21. The van der Waals surface area contributed by atoms with E-state index in [9.17, 15) is 0 Å². The molecule has 0 amide bonds. The molecule has 8 aromatic carbocycles. The summed E-state index contributed by atoms with van der Waals surface area (Å²) in [4.78, 5) is 17.0. The van der Waals surface area contributed by atoms with Gasteiger partial charge in [-0.3, -0.25) is 14.0 Å². The molecule has 15 rings (SSSR count). The van der Waals surface area contributed by atoms with Crippen LogP contribution in [0.15, 0.2) is 225 Å². The summed E-state index contributed by atoms with van der Waals surface area (Å²) in [5, 5.41) is 7.10. The molecule has 0 bridgehead atoms. The van der Waals surface area contributed by atoms with Crippen molar-refractivity contribution in [2.75, 3.05) is 0 Å². The van der Waals surface area contributed by atoms with Crippen LogP contribution in [0.2, 0.25) is 0 Å². The lowest BCUT2D eigenvalue weighted by atomic mass is 10.1. The minimum Gasteiger partial charge on any atom is -0.323 e. The molecular formula is C60H39N7Si.